The molecule has 1 unspecified atom stereocenters. The fourth-order valence-corrected chi connectivity index (χ4v) is 2.60. The van der Waals surface area contributed by atoms with Gasteiger partial charge < -0.3 is 20.7 Å². The van der Waals surface area contributed by atoms with E-state index in [2.05, 4.69) is 5.32 Å². The van der Waals surface area contributed by atoms with Gasteiger partial charge in [0, 0.05) is 19.1 Å². The largest absolute Gasteiger partial charge is 0.492 e. The molecule has 0 aromatic heterocycles. The SMILES string of the molecule is CCOc1ccc(C(F)(F)F)cc1NC(=O)N1CCCC(N)CC1.Cl. The van der Waals surface area contributed by atoms with Crippen molar-refractivity contribution in [1.82, 2.24) is 4.90 Å². The Morgan fingerprint density at radius 1 is 1.36 bits per heavy atom. The minimum atomic E-state index is -4.49. The van der Waals surface area contributed by atoms with Crippen molar-refractivity contribution in [2.75, 3.05) is 25.0 Å². The summed E-state index contributed by atoms with van der Waals surface area (Å²) in [4.78, 5) is 14.0. The molecule has 1 aliphatic rings. The molecule has 0 bridgehead atoms. The van der Waals surface area contributed by atoms with E-state index in [1.165, 1.54) is 6.07 Å². The normalized spacial score (nSPS) is 18.1. The molecule has 0 aliphatic carbocycles. The van der Waals surface area contributed by atoms with Crippen molar-refractivity contribution in [3.8, 4) is 5.75 Å². The van der Waals surface area contributed by atoms with Gasteiger partial charge in [-0.15, -0.1) is 12.4 Å². The minimum absolute atomic E-state index is 0. The highest BCUT2D eigenvalue weighted by Gasteiger charge is 2.31. The van der Waals surface area contributed by atoms with Crippen molar-refractivity contribution in [2.24, 2.45) is 5.73 Å². The monoisotopic (exact) mass is 381 g/mol. The zero-order valence-corrected chi connectivity index (χ0v) is 14.8. The Morgan fingerprint density at radius 2 is 2.08 bits per heavy atom. The Hall–Kier alpha value is -1.67. The third kappa shape index (κ3) is 5.97. The van der Waals surface area contributed by atoms with Crippen molar-refractivity contribution in [1.29, 1.82) is 0 Å². The molecule has 1 fully saturated rings. The number of hydrogen-bond donors (Lipinski definition) is 2. The maximum Gasteiger partial charge on any atom is 0.416 e. The molecule has 1 heterocycles. The van der Waals surface area contributed by atoms with Gasteiger partial charge in [-0.05, 0) is 44.4 Å². The molecule has 0 radical (unpaired) electrons. The van der Waals surface area contributed by atoms with E-state index in [0.717, 1.165) is 25.0 Å². The standard InChI is InChI=1S/C16H22F3N3O2.ClH/c1-2-24-14-6-5-11(16(17,18)19)10-13(14)21-15(23)22-8-3-4-12(20)7-9-22;/h5-6,10,12H,2-4,7-9,20H2,1H3,(H,21,23);1H. The second kappa shape index (κ2) is 9.15. The second-order valence-electron chi connectivity index (χ2n) is 5.75. The lowest BCUT2D eigenvalue weighted by atomic mass is 10.1. The molecule has 25 heavy (non-hydrogen) atoms. The molecule has 0 saturated carbocycles. The van der Waals surface area contributed by atoms with E-state index >= 15 is 0 Å². The van der Waals surface area contributed by atoms with Crippen LogP contribution in [0, 0.1) is 0 Å². The van der Waals surface area contributed by atoms with Crippen LogP contribution < -0.4 is 15.8 Å². The number of rotatable bonds is 3. The number of urea groups is 1. The Morgan fingerprint density at radius 3 is 2.72 bits per heavy atom. The fourth-order valence-electron chi connectivity index (χ4n) is 2.60. The Kier molecular flexibility index (Phi) is 7.82. The molecule has 1 saturated heterocycles. The van der Waals surface area contributed by atoms with Crippen molar-refractivity contribution in [3.63, 3.8) is 0 Å². The second-order valence-corrected chi connectivity index (χ2v) is 5.75. The quantitative estimate of drug-likeness (QED) is 0.835. The Labute approximate surface area is 151 Å². The van der Waals surface area contributed by atoms with Crippen LogP contribution in [-0.2, 0) is 6.18 Å². The topological polar surface area (TPSA) is 67.6 Å². The van der Waals surface area contributed by atoms with Crippen LogP contribution >= 0.6 is 12.4 Å². The summed E-state index contributed by atoms with van der Waals surface area (Å²) in [6.45, 7) is 3.02. The lowest BCUT2D eigenvalue weighted by molar-refractivity contribution is -0.137. The van der Waals surface area contributed by atoms with Crippen LogP contribution in [0.3, 0.4) is 0 Å². The van der Waals surface area contributed by atoms with Gasteiger partial charge in [0.25, 0.3) is 0 Å². The van der Waals surface area contributed by atoms with Gasteiger partial charge in [-0.1, -0.05) is 0 Å². The van der Waals surface area contributed by atoms with Crippen molar-refractivity contribution >= 4 is 24.1 Å². The molecule has 2 rings (SSSR count). The predicted molar refractivity (Wildman–Crippen MR) is 92.3 cm³/mol. The summed E-state index contributed by atoms with van der Waals surface area (Å²) >= 11 is 0. The van der Waals surface area contributed by atoms with E-state index in [-0.39, 0.29) is 36.5 Å². The van der Waals surface area contributed by atoms with Gasteiger partial charge >= 0.3 is 12.2 Å². The zero-order valence-electron chi connectivity index (χ0n) is 13.9. The van der Waals surface area contributed by atoms with Crippen LogP contribution in [0.2, 0.25) is 0 Å². The van der Waals surface area contributed by atoms with Crippen LogP contribution in [0.25, 0.3) is 0 Å². The number of nitrogens with zero attached hydrogens (tertiary/aromatic N) is 1. The first-order valence-electron chi connectivity index (χ1n) is 7.96. The maximum absolute atomic E-state index is 12.9. The molecule has 0 spiro atoms. The van der Waals surface area contributed by atoms with Gasteiger partial charge in [-0.3, -0.25) is 0 Å². The van der Waals surface area contributed by atoms with Gasteiger partial charge in [0.15, 0.2) is 0 Å². The number of halogens is 4. The fraction of sp³-hybridized carbons (Fsp3) is 0.562. The van der Waals surface area contributed by atoms with Gasteiger partial charge in [-0.25, -0.2) is 4.79 Å². The van der Waals surface area contributed by atoms with E-state index in [9.17, 15) is 18.0 Å². The van der Waals surface area contributed by atoms with Crippen LogP contribution in [0.15, 0.2) is 18.2 Å². The number of likely N-dealkylation sites (tertiary alicyclic amines) is 1. The Bertz CT molecular complexity index is 584. The summed E-state index contributed by atoms with van der Waals surface area (Å²) in [5, 5.41) is 2.54. The lowest BCUT2D eigenvalue weighted by Gasteiger charge is -2.22. The molecule has 1 atom stereocenters. The molecular formula is C16H23ClF3N3O2. The van der Waals surface area contributed by atoms with Gasteiger partial charge in [-0.2, -0.15) is 13.2 Å². The van der Waals surface area contributed by atoms with Gasteiger partial charge in [0.2, 0.25) is 0 Å². The summed E-state index contributed by atoms with van der Waals surface area (Å²) in [7, 11) is 0. The van der Waals surface area contributed by atoms with Crippen LogP contribution in [0.1, 0.15) is 31.7 Å². The predicted octanol–water partition coefficient (Wildman–Crippen LogP) is 3.87. The van der Waals surface area contributed by atoms with Gasteiger partial charge in [0.1, 0.15) is 5.75 Å². The highest BCUT2D eigenvalue weighted by Crippen LogP contribution is 2.35. The van der Waals surface area contributed by atoms with Crippen molar-refractivity contribution in [2.45, 2.75) is 38.4 Å². The summed E-state index contributed by atoms with van der Waals surface area (Å²) in [5.74, 6) is 0.213. The van der Waals surface area contributed by atoms with Crippen molar-refractivity contribution in [3.05, 3.63) is 23.8 Å². The summed E-state index contributed by atoms with van der Waals surface area (Å²) < 4.78 is 44.0. The van der Waals surface area contributed by atoms with Gasteiger partial charge in [0.05, 0.1) is 17.9 Å². The number of amides is 2. The molecular weight excluding hydrogens is 359 g/mol. The lowest BCUT2D eigenvalue weighted by Crippen LogP contribution is -2.36. The third-order valence-electron chi connectivity index (χ3n) is 3.91. The zero-order chi connectivity index (χ0) is 17.7. The number of alkyl halides is 3. The first kappa shape index (κ1) is 21.4. The third-order valence-corrected chi connectivity index (χ3v) is 3.91. The number of benzene rings is 1. The molecule has 1 aromatic carbocycles. The number of anilines is 1. The number of nitrogens with one attached hydrogen (secondary N) is 1. The summed E-state index contributed by atoms with van der Waals surface area (Å²) in [5.41, 5.74) is 5.06. The molecule has 9 heteroatoms. The maximum atomic E-state index is 12.9. The van der Waals surface area contributed by atoms with E-state index in [1.807, 2.05) is 0 Å². The van der Waals surface area contributed by atoms with Crippen LogP contribution in [0.5, 0.6) is 5.75 Å². The molecule has 142 valence electrons. The highest BCUT2D eigenvalue weighted by molar-refractivity contribution is 5.91. The van der Waals surface area contributed by atoms with E-state index < -0.39 is 17.8 Å². The smallest absolute Gasteiger partial charge is 0.416 e. The van der Waals surface area contributed by atoms with E-state index in [4.69, 9.17) is 10.5 Å². The average Bonchev–Trinajstić information content (AvgIpc) is 2.73. The number of hydrogen-bond acceptors (Lipinski definition) is 3. The number of nitrogens with two attached hydrogens (primary N) is 1. The number of carbonyl (C=O) groups excluding carboxylic acids is 1. The van der Waals surface area contributed by atoms with Crippen LogP contribution in [0.4, 0.5) is 23.7 Å². The summed E-state index contributed by atoms with van der Waals surface area (Å²) in [6, 6.07) is 2.66. The first-order valence-corrected chi connectivity index (χ1v) is 7.96. The van der Waals surface area contributed by atoms with E-state index in [0.29, 0.717) is 19.5 Å². The molecule has 1 aliphatic heterocycles. The number of ether oxygens (including phenoxy) is 1. The van der Waals surface area contributed by atoms with E-state index in [1.54, 1.807) is 11.8 Å². The summed E-state index contributed by atoms with van der Waals surface area (Å²) in [6.07, 6.45) is -2.21. The average molecular weight is 382 g/mol. The van der Waals surface area contributed by atoms with Crippen LogP contribution in [-0.4, -0.2) is 36.7 Å². The molecule has 3 N–H and O–H groups in total. The molecule has 5 nitrogen and oxygen atoms in total. The number of carbonyl (C=O) groups is 1. The van der Waals surface area contributed by atoms with Crippen molar-refractivity contribution < 1.29 is 22.7 Å². The first-order chi connectivity index (χ1) is 11.3. The Balaban J connectivity index is 0.00000312. The molecule has 1 aromatic rings. The molecule has 2 amide bonds. The minimum Gasteiger partial charge on any atom is -0.492 e. The highest BCUT2D eigenvalue weighted by atomic mass is 35.5.